The molecule has 1 aliphatic carbocycles. The number of urea groups is 1. The van der Waals surface area contributed by atoms with Crippen molar-refractivity contribution in [1.29, 1.82) is 0 Å². The summed E-state index contributed by atoms with van der Waals surface area (Å²) in [6, 6.07) is 0.361. The Hall–Kier alpha value is -1.30. The number of hydrogen-bond donors (Lipinski definition) is 1. The highest BCUT2D eigenvalue weighted by Gasteiger charge is 2.25. The number of methoxy groups -OCH3 is 1. The van der Waals surface area contributed by atoms with E-state index in [1.54, 1.807) is 4.90 Å². The van der Waals surface area contributed by atoms with Gasteiger partial charge in [-0.3, -0.25) is 4.79 Å². The molecule has 6 heteroatoms. The summed E-state index contributed by atoms with van der Waals surface area (Å²) in [7, 11) is 1.52. The van der Waals surface area contributed by atoms with Crippen molar-refractivity contribution in [3.05, 3.63) is 0 Å². The first-order chi connectivity index (χ1) is 9.70. The van der Waals surface area contributed by atoms with Crippen LogP contribution < -0.4 is 5.32 Å². The maximum atomic E-state index is 12.2. The Morgan fingerprint density at radius 3 is 2.25 bits per heavy atom. The number of carbonyl (C=O) groups is 2. The Bertz CT molecular complexity index is 335. The molecule has 1 saturated heterocycles. The lowest BCUT2D eigenvalue weighted by Crippen LogP contribution is -2.55. The van der Waals surface area contributed by atoms with E-state index in [4.69, 9.17) is 4.74 Å². The number of carbonyl (C=O) groups excluding carboxylic acids is 2. The molecule has 114 valence electrons. The van der Waals surface area contributed by atoms with Crippen LogP contribution in [0.3, 0.4) is 0 Å². The molecule has 2 rings (SSSR count). The molecule has 0 radical (unpaired) electrons. The Kier molecular flexibility index (Phi) is 5.64. The SMILES string of the molecule is COCC(=O)N1CCN(C(=O)NC2CCCCC2)CC1. The van der Waals surface area contributed by atoms with Gasteiger partial charge in [-0.15, -0.1) is 0 Å². The second-order valence-electron chi connectivity index (χ2n) is 5.59. The fraction of sp³-hybridized carbons (Fsp3) is 0.857. The van der Waals surface area contributed by atoms with Crippen LogP contribution >= 0.6 is 0 Å². The van der Waals surface area contributed by atoms with Gasteiger partial charge in [-0.2, -0.15) is 0 Å². The molecule has 0 aromatic heterocycles. The molecule has 1 heterocycles. The van der Waals surface area contributed by atoms with Gasteiger partial charge < -0.3 is 19.9 Å². The zero-order valence-corrected chi connectivity index (χ0v) is 12.3. The average molecular weight is 283 g/mol. The Morgan fingerprint density at radius 2 is 1.65 bits per heavy atom. The van der Waals surface area contributed by atoms with E-state index < -0.39 is 0 Å². The molecule has 2 aliphatic rings. The van der Waals surface area contributed by atoms with Gasteiger partial charge in [-0.25, -0.2) is 4.79 Å². The van der Waals surface area contributed by atoms with Crippen molar-refractivity contribution < 1.29 is 14.3 Å². The van der Waals surface area contributed by atoms with Crippen molar-refractivity contribution in [3.63, 3.8) is 0 Å². The van der Waals surface area contributed by atoms with Crippen molar-refractivity contribution in [1.82, 2.24) is 15.1 Å². The third-order valence-electron chi connectivity index (χ3n) is 4.12. The highest BCUT2D eigenvalue weighted by molar-refractivity contribution is 5.78. The van der Waals surface area contributed by atoms with Crippen molar-refractivity contribution in [2.45, 2.75) is 38.1 Å². The van der Waals surface area contributed by atoms with Crippen LogP contribution in [0.2, 0.25) is 0 Å². The van der Waals surface area contributed by atoms with Crippen LogP contribution in [0.5, 0.6) is 0 Å². The predicted molar refractivity (Wildman–Crippen MR) is 75.4 cm³/mol. The van der Waals surface area contributed by atoms with Crippen LogP contribution in [0, 0.1) is 0 Å². The molecule has 0 unspecified atom stereocenters. The van der Waals surface area contributed by atoms with E-state index in [9.17, 15) is 9.59 Å². The molecule has 0 aromatic rings. The molecule has 1 N–H and O–H groups in total. The number of nitrogens with zero attached hydrogens (tertiary/aromatic N) is 2. The number of nitrogens with one attached hydrogen (secondary N) is 1. The van der Waals surface area contributed by atoms with Crippen LogP contribution in [-0.4, -0.2) is 67.7 Å². The van der Waals surface area contributed by atoms with Gasteiger partial charge in [-0.05, 0) is 12.8 Å². The Balaban J connectivity index is 1.72. The van der Waals surface area contributed by atoms with Crippen molar-refractivity contribution in [2.75, 3.05) is 39.9 Å². The molecule has 20 heavy (non-hydrogen) atoms. The van der Waals surface area contributed by atoms with E-state index in [1.165, 1.54) is 26.4 Å². The number of piperazine rings is 1. The maximum Gasteiger partial charge on any atom is 0.317 e. The summed E-state index contributed by atoms with van der Waals surface area (Å²) < 4.78 is 4.85. The highest BCUT2D eigenvalue weighted by Crippen LogP contribution is 2.17. The van der Waals surface area contributed by atoms with Crippen LogP contribution in [0.4, 0.5) is 4.79 Å². The van der Waals surface area contributed by atoms with E-state index in [0.717, 1.165) is 12.8 Å². The molecule has 6 nitrogen and oxygen atoms in total. The molecule has 0 aromatic carbocycles. The fourth-order valence-electron chi connectivity index (χ4n) is 2.89. The third kappa shape index (κ3) is 4.10. The monoisotopic (exact) mass is 283 g/mol. The standard InChI is InChI=1S/C14H25N3O3/c1-20-11-13(18)16-7-9-17(10-8-16)14(19)15-12-5-3-2-4-6-12/h12H,2-11H2,1H3,(H,15,19). The van der Waals surface area contributed by atoms with Gasteiger partial charge in [0.25, 0.3) is 0 Å². The average Bonchev–Trinajstić information content (AvgIpc) is 2.48. The van der Waals surface area contributed by atoms with Gasteiger partial charge in [0, 0.05) is 39.3 Å². The maximum absolute atomic E-state index is 12.2. The third-order valence-corrected chi connectivity index (χ3v) is 4.12. The molecule has 0 atom stereocenters. The van der Waals surface area contributed by atoms with Gasteiger partial charge >= 0.3 is 6.03 Å². The summed E-state index contributed by atoms with van der Waals surface area (Å²) in [5, 5.41) is 3.12. The van der Waals surface area contributed by atoms with E-state index in [-0.39, 0.29) is 18.5 Å². The lowest BCUT2D eigenvalue weighted by molar-refractivity contribution is -0.136. The molecular formula is C14H25N3O3. The fourth-order valence-corrected chi connectivity index (χ4v) is 2.89. The minimum absolute atomic E-state index is 0.000149. The normalized spacial score (nSPS) is 20.9. The Labute approximate surface area is 120 Å². The summed E-state index contributed by atoms with van der Waals surface area (Å²) >= 11 is 0. The summed E-state index contributed by atoms with van der Waals surface area (Å²) in [4.78, 5) is 27.4. The van der Waals surface area contributed by atoms with Gasteiger partial charge in [0.2, 0.25) is 5.91 Å². The van der Waals surface area contributed by atoms with Crippen LogP contribution in [0.25, 0.3) is 0 Å². The van der Waals surface area contributed by atoms with E-state index in [1.807, 2.05) is 4.90 Å². The quantitative estimate of drug-likeness (QED) is 0.834. The molecule has 1 saturated carbocycles. The van der Waals surface area contributed by atoms with Gasteiger partial charge in [-0.1, -0.05) is 19.3 Å². The number of rotatable bonds is 3. The molecule has 1 aliphatic heterocycles. The zero-order valence-electron chi connectivity index (χ0n) is 12.3. The van der Waals surface area contributed by atoms with Crippen LogP contribution in [0.1, 0.15) is 32.1 Å². The topological polar surface area (TPSA) is 61.9 Å². The summed E-state index contributed by atoms with van der Waals surface area (Å²) in [5.41, 5.74) is 0. The molecule has 3 amide bonds. The summed E-state index contributed by atoms with van der Waals surface area (Å²) in [6.07, 6.45) is 5.90. The van der Waals surface area contributed by atoms with Gasteiger partial charge in [0.1, 0.15) is 6.61 Å². The lowest BCUT2D eigenvalue weighted by atomic mass is 9.96. The molecular weight excluding hydrogens is 258 g/mol. The summed E-state index contributed by atoms with van der Waals surface area (Å²) in [6.45, 7) is 2.52. The van der Waals surface area contributed by atoms with Gasteiger partial charge in [0.15, 0.2) is 0 Å². The first-order valence-corrected chi connectivity index (χ1v) is 7.53. The van der Waals surface area contributed by atoms with Crippen molar-refractivity contribution >= 4 is 11.9 Å². The first kappa shape index (κ1) is 15.1. The van der Waals surface area contributed by atoms with Gasteiger partial charge in [0.05, 0.1) is 0 Å². The zero-order chi connectivity index (χ0) is 14.4. The lowest BCUT2D eigenvalue weighted by Gasteiger charge is -2.36. The Morgan fingerprint density at radius 1 is 1.05 bits per heavy atom. The summed E-state index contributed by atoms with van der Waals surface area (Å²) in [5.74, 6) is -0.000149. The number of amides is 3. The smallest absolute Gasteiger partial charge is 0.317 e. The van der Waals surface area contributed by atoms with E-state index in [0.29, 0.717) is 32.2 Å². The highest BCUT2D eigenvalue weighted by atomic mass is 16.5. The van der Waals surface area contributed by atoms with Crippen molar-refractivity contribution in [3.8, 4) is 0 Å². The number of hydrogen-bond acceptors (Lipinski definition) is 3. The minimum atomic E-state index is -0.000149. The molecule has 0 spiro atoms. The molecule has 2 fully saturated rings. The van der Waals surface area contributed by atoms with Crippen molar-refractivity contribution in [2.24, 2.45) is 0 Å². The minimum Gasteiger partial charge on any atom is -0.375 e. The van der Waals surface area contributed by atoms with E-state index >= 15 is 0 Å². The van der Waals surface area contributed by atoms with Crippen LogP contribution in [0.15, 0.2) is 0 Å². The molecule has 0 bridgehead atoms. The number of ether oxygens (including phenoxy) is 1. The van der Waals surface area contributed by atoms with E-state index in [2.05, 4.69) is 5.32 Å². The predicted octanol–water partition coefficient (Wildman–Crippen LogP) is 0.819. The van der Waals surface area contributed by atoms with Crippen LogP contribution in [-0.2, 0) is 9.53 Å². The first-order valence-electron chi connectivity index (χ1n) is 7.53. The second kappa shape index (κ2) is 7.47. The second-order valence-corrected chi connectivity index (χ2v) is 5.59. The largest absolute Gasteiger partial charge is 0.375 e.